The highest BCUT2D eigenvalue weighted by Gasteiger charge is 2.40. The van der Waals surface area contributed by atoms with E-state index in [0.29, 0.717) is 18.7 Å². The van der Waals surface area contributed by atoms with Crippen LogP contribution in [0, 0.1) is 18.6 Å². The summed E-state index contributed by atoms with van der Waals surface area (Å²) in [5, 5.41) is 2.53. The van der Waals surface area contributed by atoms with E-state index in [9.17, 15) is 22.0 Å². The molecule has 0 unspecified atom stereocenters. The molecule has 1 fully saturated rings. The van der Waals surface area contributed by atoms with Gasteiger partial charge >= 0.3 is 0 Å². The van der Waals surface area contributed by atoms with E-state index < -0.39 is 33.1 Å². The Balaban J connectivity index is 1.75. The van der Waals surface area contributed by atoms with Crippen molar-refractivity contribution in [3.8, 4) is 0 Å². The van der Waals surface area contributed by atoms with E-state index in [1.165, 1.54) is 6.07 Å². The summed E-state index contributed by atoms with van der Waals surface area (Å²) < 4.78 is 62.4. The number of hydrogen-bond acceptors (Lipinski definition) is 4. The number of fused-ring (bicyclic) bond motifs is 1. The molecule has 7 nitrogen and oxygen atoms in total. The lowest BCUT2D eigenvalue weighted by atomic mass is 10.0. The molecule has 2 aliphatic rings. The third kappa shape index (κ3) is 3.55. The topological polar surface area (TPSA) is 89.4 Å². The Morgan fingerprint density at radius 3 is 2.60 bits per heavy atom. The fraction of sp³-hybridized carbons (Fsp3) is 0.350. The predicted octanol–water partition coefficient (Wildman–Crippen LogP) is 2.81. The summed E-state index contributed by atoms with van der Waals surface area (Å²) in [7, 11) is -3.94. The lowest BCUT2D eigenvalue weighted by Crippen LogP contribution is -2.59. The van der Waals surface area contributed by atoms with Crippen molar-refractivity contribution >= 4 is 27.7 Å². The third-order valence-electron chi connectivity index (χ3n) is 5.17. The molecule has 10 heteroatoms. The quantitative estimate of drug-likeness (QED) is 0.753. The van der Waals surface area contributed by atoms with Crippen LogP contribution in [0.3, 0.4) is 0 Å². The first-order valence-electron chi connectivity index (χ1n) is 9.39. The van der Waals surface area contributed by atoms with Crippen molar-refractivity contribution in [2.45, 2.75) is 37.2 Å². The van der Waals surface area contributed by atoms with Gasteiger partial charge in [0.2, 0.25) is 10.0 Å². The van der Waals surface area contributed by atoms with Crippen LogP contribution in [-0.2, 0) is 21.3 Å². The number of amides is 1. The van der Waals surface area contributed by atoms with E-state index in [0.717, 1.165) is 12.1 Å². The molecule has 2 aromatic rings. The molecule has 1 saturated heterocycles. The molecule has 0 radical (unpaired) electrons. The number of nitrogens with one attached hydrogen (secondary N) is 2. The van der Waals surface area contributed by atoms with Crippen molar-refractivity contribution in [3.05, 3.63) is 52.9 Å². The molecular weight excluding hydrogens is 416 g/mol. The van der Waals surface area contributed by atoms with E-state index >= 15 is 0 Å². The van der Waals surface area contributed by atoms with Crippen LogP contribution in [-0.4, -0.2) is 37.6 Å². The Labute approximate surface area is 172 Å². The van der Waals surface area contributed by atoms with Crippen molar-refractivity contribution in [1.82, 2.24) is 9.29 Å². The van der Waals surface area contributed by atoms with Crippen LogP contribution >= 0.6 is 0 Å². The van der Waals surface area contributed by atoms with Crippen LogP contribution in [0.25, 0.3) is 6.08 Å². The summed E-state index contributed by atoms with van der Waals surface area (Å²) in [5.41, 5.74) is 0.224. The second-order valence-corrected chi connectivity index (χ2v) is 9.39. The van der Waals surface area contributed by atoms with Crippen LogP contribution in [0.2, 0.25) is 0 Å². The second kappa shape index (κ2) is 7.29. The molecule has 1 amide bonds. The van der Waals surface area contributed by atoms with Gasteiger partial charge in [-0.1, -0.05) is 6.08 Å². The first-order chi connectivity index (χ1) is 14.1. The van der Waals surface area contributed by atoms with Gasteiger partial charge in [-0.15, -0.1) is 0 Å². The minimum atomic E-state index is -3.94. The smallest absolute Gasteiger partial charge is 0.272 e. The summed E-state index contributed by atoms with van der Waals surface area (Å²) in [6, 6.07) is 3.02. The van der Waals surface area contributed by atoms with Gasteiger partial charge in [0.05, 0.1) is 24.4 Å². The van der Waals surface area contributed by atoms with Crippen molar-refractivity contribution < 1.29 is 26.7 Å². The third-order valence-corrected chi connectivity index (χ3v) is 6.98. The minimum absolute atomic E-state index is 0.0296. The summed E-state index contributed by atoms with van der Waals surface area (Å²) in [6.45, 7) is 4.26. The summed E-state index contributed by atoms with van der Waals surface area (Å²) in [4.78, 5) is 13.0. The number of halogens is 2. The predicted molar refractivity (Wildman–Crippen MR) is 107 cm³/mol. The average molecular weight is 437 g/mol. The Kier molecular flexibility index (Phi) is 5.03. The normalized spacial score (nSPS) is 17.3. The Bertz CT molecular complexity index is 1170. The molecule has 1 aromatic heterocycles. The van der Waals surface area contributed by atoms with E-state index in [-0.39, 0.29) is 35.1 Å². The second-order valence-electron chi connectivity index (χ2n) is 7.77. The molecule has 0 aliphatic carbocycles. The average Bonchev–Trinajstić information content (AvgIpc) is 2.95. The van der Waals surface area contributed by atoms with Gasteiger partial charge in [-0.05, 0) is 38.5 Å². The molecule has 0 atom stereocenters. The number of carbonyl (C=O) groups excluding carboxylic acids is 1. The highest BCUT2D eigenvalue weighted by atomic mass is 32.2. The number of allylic oxidation sites excluding steroid dienone is 1. The standard InChI is InChI=1S/C20H21F2N3O4S/c1-12-17(19(26)23-13-6-7-14(21)15(22)9-13)25-8-4-3-5-16(25)18(12)30(27,28)24-20(2)10-29-11-20/h3,5-7,9,24H,4,8,10-11H2,1-2H3,(H,23,26). The van der Waals surface area contributed by atoms with Crippen molar-refractivity contribution in [2.24, 2.45) is 0 Å². The van der Waals surface area contributed by atoms with Gasteiger partial charge in [-0.25, -0.2) is 21.9 Å². The number of sulfonamides is 1. The summed E-state index contributed by atoms with van der Waals surface area (Å²) >= 11 is 0. The Hall–Kier alpha value is -2.56. The summed E-state index contributed by atoms with van der Waals surface area (Å²) in [6.07, 6.45) is 4.16. The van der Waals surface area contributed by atoms with Crippen molar-refractivity contribution in [3.63, 3.8) is 0 Å². The molecule has 4 rings (SSSR count). The molecule has 3 heterocycles. The van der Waals surface area contributed by atoms with Gasteiger partial charge in [0.15, 0.2) is 11.6 Å². The highest BCUT2D eigenvalue weighted by Crippen LogP contribution is 2.33. The zero-order valence-electron chi connectivity index (χ0n) is 16.5. The van der Waals surface area contributed by atoms with E-state index in [2.05, 4.69) is 10.0 Å². The molecule has 160 valence electrons. The molecule has 30 heavy (non-hydrogen) atoms. The highest BCUT2D eigenvalue weighted by molar-refractivity contribution is 7.89. The van der Waals surface area contributed by atoms with E-state index in [1.807, 2.05) is 6.08 Å². The van der Waals surface area contributed by atoms with E-state index in [4.69, 9.17) is 4.74 Å². The van der Waals surface area contributed by atoms with Gasteiger partial charge < -0.3 is 14.6 Å². The first kappa shape index (κ1) is 20.7. The molecular formula is C20H21F2N3O4S. The maximum atomic E-state index is 13.5. The van der Waals surface area contributed by atoms with Gasteiger partial charge in [-0.3, -0.25) is 4.79 Å². The maximum absolute atomic E-state index is 13.5. The van der Waals surface area contributed by atoms with Gasteiger partial charge in [-0.2, -0.15) is 0 Å². The van der Waals surface area contributed by atoms with Gasteiger partial charge in [0.1, 0.15) is 10.6 Å². The number of rotatable bonds is 5. The van der Waals surface area contributed by atoms with Crippen LogP contribution in [0.1, 0.15) is 35.1 Å². The van der Waals surface area contributed by atoms with Gasteiger partial charge in [0.25, 0.3) is 5.91 Å². The molecule has 2 aliphatic heterocycles. The zero-order chi connectivity index (χ0) is 21.7. The minimum Gasteiger partial charge on any atom is -0.377 e. The van der Waals surface area contributed by atoms with Crippen LogP contribution in [0.4, 0.5) is 14.5 Å². The number of anilines is 1. The zero-order valence-corrected chi connectivity index (χ0v) is 17.3. The summed E-state index contributed by atoms with van der Waals surface area (Å²) in [5.74, 6) is -2.72. The van der Waals surface area contributed by atoms with Crippen LogP contribution in [0.15, 0.2) is 29.2 Å². The fourth-order valence-electron chi connectivity index (χ4n) is 3.78. The number of benzene rings is 1. The van der Waals surface area contributed by atoms with Crippen molar-refractivity contribution in [2.75, 3.05) is 18.5 Å². The Morgan fingerprint density at radius 1 is 1.23 bits per heavy atom. The lowest BCUT2D eigenvalue weighted by molar-refractivity contribution is -0.0523. The molecule has 0 spiro atoms. The Morgan fingerprint density at radius 2 is 1.97 bits per heavy atom. The number of hydrogen-bond donors (Lipinski definition) is 2. The van der Waals surface area contributed by atoms with Crippen LogP contribution < -0.4 is 10.0 Å². The van der Waals surface area contributed by atoms with Crippen molar-refractivity contribution in [1.29, 1.82) is 0 Å². The lowest BCUT2D eigenvalue weighted by Gasteiger charge is -2.38. The SMILES string of the molecule is Cc1c(S(=O)(=O)NC2(C)COC2)c2n(c1C(=O)Nc1ccc(F)c(F)c1)CCC=C2. The van der Waals surface area contributed by atoms with Crippen LogP contribution in [0.5, 0.6) is 0 Å². The fourth-order valence-corrected chi connectivity index (χ4v) is 5.60. The molecule has 1 aromatic carbocycles. The maximum Gasteiger partial charge on any atom is 0.272 e. The number of aromatic nitrogens is 1. The van der Waals surface area contributed by atoms with E-state index in [1.54, 1.807) is 24.5 Å². The molecule has 0 bridgehead atoms. The number of ether oxygens (including phenoxy) is 1. The molecule has 2 N–H and O–H groups in total. The number of nitrogens with zero attached hydrogens (tertiary/aromatic N) is 1. The number of carbonyl (C=O) groups is 1. The van der Waals surface area contributed by atoms with Gasteiger partial charge in [0, 0.05) is 23.9 Å². The first-order valence-corrected chi connectivity index (χ1v) is 10.9. The monoisotopic (exact) mass is 437 g/mol. The molecule has 0 saturated carbocycles. The largest absolute Gasteiger partial charge is 0.377 e.